The summed E-state index contributed by atoms with van der Waals surface area (Å²) in [6, 6.07) is 8.61. The average molecular weight is 615 g/mol. The summed E-state index contributed by atoms with van der Waals surface area (Å²) in [5, 5.41) is 0. The number of ether oxygens (including phenoxy) is 1. The van der Waals surface area contributed by atoms with Crippen LogP contribution in [0, 0.1) is 53.7 Å². The van der Waals surface area contributed by atoms with Gasteiger partial charge in [-0.3, -0.25) is 0 Å². The molecule has 2 aliphatic rings. The van der Waals surface area contributed by atoms with E-state index in [0.717, 1.165) is 63.4 Å². The number of allylic oxidation sites excluding steroid dienone is 2. The maximum Gasteiger partial charge on any atom is 0.201 e. The van der Waals surface area contributed by atoms with E-state index in [1.807, 2.05) is 13.0 Å². The van der Waals surface area contributed by atoms with E-state index in [4.69, 9.17) is 4.74 Å². The SMILES string of the molecule is CCCCOc1ccc(-c2ccc(C3=CCC(CCC4CCC(c5ccc(C)c(F)c5F)CC4)CC3)c(F)c2F)c(F)c1F. The number of hydrogen-bond acceptors (Lipinski definition) is 1. The van der Waals surface area contributed by atoms with Crippen LogP contribution in [0.15, 0.2) is 42.5 Å². The van der Waals surface area contributed by atoms with Crippen LogP contribution in [0.3, 0.4) is 0 Å². The van der Waals surface area contributed by atoms with Crippen molar-refractivity contribution < 1.29 is 31.1 Å². The molecule has 0 aliphatic heterocycles. The molecule has 0 saturated heterocycles. The van der Waals surface area contributed by atoms with Crippen LogP contribution < -0.4 is 4.74 Å². The van der Waals surface area contributed by atoms with Gasteiger partial charge in [0.1, 0.15) is 0 Å². The van der Waals surface area contributed by atoms with Gasteiger partial charge in [-0.2, -0.15) is 4.39 Å². The fourth-order valence-corrected chi connectivity index (χ4v) is 6.79. The van der Waals surface area contributed by atoms with Crippen LogP contribution in [0.1, 0.15) is 100 Å². The van der Waals surface area contributed by atoms with Crippen molar-refractivity contribution in [1.82, 2.24) is 0 Å². The summed E-state index contributed by atoms with van der Waals surface area (Å²) in [5.74, 6) is -5.38. The fourth-order valence-electron chi connectivity index (χ4n) is 6.79. The van der Waals surface area contributed by atoms with E-state index in [1.165, 1.54) is 24.3 Å². The van der Waals surface area contributed by atoms with Crippen LogP contribution in [0.25, 0.3) is 16.7 Å². The molecule has 1 unspecified atom stereocenters. The lowest BCUT2D eigenvalue weighted by molar-refractivity contribution is 0.278. The Bertz CT molecular complexity index is 1500. The molecule has 0 heterocycles. The minimum Gasteiger partial charge on any atom is -0.490 e. The molecule has 0 N–H and O–H groups in total. The summed E-state index contributed by atoms with van der Waals surface area (Å²) in [5.41, 5.74) is 1.02. The van der Waals surface area contributed by atoms with Crippen LogP contribution >= 0.6 is 0 Å². The number of benzene rings is 3. The molecule has 1 fully saturated rings. The number of aryl methyl sites for hydroxylation is 1. The molecular weight excluding hydrogens is 574 g/mol. The van der Waals surface area contributed by atoms with E-state index in [-0.39, 0.29) is 35.0 Å². The summed E-state index contributed by atoms with van der Waals surface area (Å²) < 4.78 is 93.6. The molecule has 0 bridgehead atoms. The van der Waals surface area contributed by atoms with E-state index in [9.17, 15) is 17.6 Å². The van der Waals surface area contributed by atoms with Crippen molar-refractivity contribution in [3.63, 3.8) is 0 Å². The van der Waals surface area contributed by atoms with Crippen LogP contribution in [0.2, 0.25) is 0 Å². The Morgan fingerprint density at radius 2 is 1.30 bits per heavy atom. The maximum atomic E-state index is 15.3. The van der Waals surface area contributed by atoms with Gasteiger partial charge in [0.25, 0.3) is 0 Å². The highest BCUT2D eigenvalue weighted by Crippen LogP contribution is 2.42. The van der Waals surface area contributed by atoms with Crippen LogP contribution in [-0.4, -0.2) is 6.61 Å². The Morgan fingerprint density at radius 1 is 0.659 bits per heavy atom. The topological polar surface area (TPSA) is 9.23 Å². The summed E-state index contributed by atoms with van der Waals surface area (Å²) in [6.07, 6.45) is 11.5. The van der Waals surface area contributed by atoms with Crippen molar-refractivity contribution in [2.75, 3.05) is 6.61 Å². The fraction of sp³-hybridized carbons (Fsp3) is 0.459. The molecule has 0 radical (unpaired) electrons. The minimum absolute atomic E-state index is 0.0580. The summed E-state index contributed by atoms with van der Waals surface area (Å²) in [7, 11) is 0. The van der Waals surface area contributed by atoms with Gasteiger partial charge in [-0.05, 0) is 111 Å². The first kappa shape index (κ1) is 32.2. The summed E-state index contributed by atoms with van der Waals surface area (Å²) >= 11 is 0. The molecule has 7 heteroatoms. The lowest BCUT2D eigenvalue weighted by atomic mass is 9.75. The lowest BCUT2D eigenvalue weighted by Crippen LogP contribution is -2.16. The first-order valence-corrected chi connectivity index (χ1v) is 15.9. The van der Waals surface area contributed by atoms with E-state index in [0.29, 0.717) is 35.8 Å². The standard InChI is InChI=1S/C37H40F6O/c1-3-4-21-44-31-20-19-30(36(42)37(31)43)29-18-17-28(34(40)35(29)41)26-14-10-24(11-15-26)7-6-23-8-12-25(13-9-23)27-16-5-22(2)32(38)33(27)39/h5,14,16-20,23-25H,3-4,6-13,15,21H2,1-2H3. The third-order valence-electron chi connectivity index (χ3n) is 9.62. The second kappa shape index (κ2) is 14.3. The van der Waals surface area contributed by atoms with Crippen molar-refractivity contribution in [2.24, 2.45) is 11.8 Å². The molecule has 2 aliphatic carbocycles. The Morgan fingerprint density at radius 3 is 1.98 bits per heavy atom. The van der Waals surface area contributed by atoms with Crippen LogP contribution in [-0.2, 0) is 0 Å². The smallest absolute Gasteiger partial charge is 0.201 e. The highest BCUT2D eigenvalue weighted by molar-refractivity contribution is 5.72. The Kier molecular flexibility index (Phi) is 10.4. The van der Waals surface area contributed by atoms with Crippen molar-refractivity contribution in [1.29, 1.82) is 0 Å². The zero-order valence-corrected chi connectivity index (χ0v) is 25.4. The minimum atomic E-state index is -1.27. The van der Waals surface area contributed by atoms with E-state index in [1.54, 1.807) is 19.1 Å². The van der Waals surface area contributed by atoms with Gasteiger partial charge in [0.05, 0.1) is 6.61 Å². The average Bonchev–Trinajstić information content (AvgIpc) is 3.03. The van der Waals surface area contributed by atoms with Crippen LogP contribution in [0.5, 0.6) is 5.75 Å². The molecule has 5 rings (SSSR count). The van der Waals surface area contributed by atoms with Gasteiger partial charge in [-0.1, -0.05) is 50.1 Å². The van der Waals surface area contributed by atoms with Crippen molar-refractivity contribution in [2.45, 2.75) is 90.4 Å². The largest absolute Gasteiger partial charge is 0.490 e. The van der Waals surface area contributed by atoms with Crippen molar-refractivity contribution in [3.8, 4) is 16.9 Å². The Hall–Kier alpha value is -3.22. The number of unbranched alkanes of at least 4 members (excludes halogenated alkanes) is 1. The monoisotopic (exact) mass is 614 g/mol. The van der Waals surface area contributed by atoms with Gasteiger partial charge in [0.15, 0.2) is 34.8 Å². The third kappa shape index (κ3) is 6.87. The number of hydrogen-bond donors (Lipinski definition) is 0. The third-order valence-corrected chi connectivity index (χ3v) is 9.62. The number of halogens is 6. The second-order valence-corrected chi connectivity index (χ2v) is 12.5. The predicted molar refractivity (Wildman–Crippen MR) is 162 cm³/mol. The molecule has 0 aromatic heterocycles. The molecule has 1 saturated carbocycles. The molecule has 44 heavy (non-hydrogen) atoms. The predicted octanol–water partition coefficient (Wildman–Crippen LogP) is 11.6. The molecule has 3 aromatic carbocycles. The first-order chi connectivity index (χ1) is 21.2. The Balaban J connectivity index is 1.16. The van der Waals surface area contributed by atoms with Gasteiger partial charge in [-0.15, -0.1) is 0 Å². The van der Waals surface area contributed by atoms with Crippen molar-refractivity contribution >= 4 is 5.57 Å². The maximum absolute atomic E-state index is 15.3. The van der Waals surface area contributed by atoms with Gasteiger partial charge in [-0.25, -0.2) is 22.0 Å². The molecule has 0 amide bonds. The van der Waals surface area contributed by atoms with Gasteiger partial charge < -0.3 is 4.74 Å². The molecule has 1 nitrogen and oxygen atoms in total. The molecule has 0 spiro atoms. The Labute approximate surface area is 256 Å². The number of rotatable bonds is 10. The molecule has 236 valence electrons. The molecule has 3 aromatic rings. The van der Waals surface area contributed by atoms with Crippen molar-refractivity contribution in [3.05, 3.63) is 94.1 Å². The highest BCUT2D eigenvalue weighted by atomic mass is 19.2. The zero-order valence-electron chi connectivity index (χ0n) is 25.4. The summed E-state index contributed by atoms with van der Waals surface area (Å²) in [6.45, 7) is 3.76. The van der Waals surface area contributed by atoms with Crippen LogP contribution in [0.4, 0.5) is 26.3 Å². The highest BCUT2D eigenvalue weighted by Gasteiger charge is 2.28. The van der Waals surface area contributed by atoms with E-state index >= 15 is 8.78 Å². The second-order valence-electron chi connectivity index (χ2n) is 12.5. The van der Waals surface area contributed by atoms with Gasteiger partial charge in [0.2, 0.25) is 5.82 Å². The summed E-state index contributed by atoms with van der Waals surface area (Å²) in [4.78, 5) is 0. The zero-order chi connectivity index (χ0) is 31.4. The first-order valence-electron chi connectivity index (χ1n) is 15.9. The van der Waals surface area contributed by atoms with E-state index < -0.39 is 34.9 Å². The van der Waals surface area contributed by atoms with Gasteiger partial charge >= 0.3 is 0 Å². The normalized spacial score (nSPS) is 20.5. The van der Waals surface area contributed by atoms with Gasteiger partial charge in [0, 0.05) is 16.7 Å². The molecule has 1 atom stereocenters. The van der Waals surface area contributed by atoms with E-state index in [2.05, 4.69) is 0 Å². The molecular formula is C37H40F6O. The lowest BCUT2D eigenvalue weighted by Gasteiger charge is -2.30. The quantitative estimate of drug-likeness (QED) is 0.163.